The average Bonchev–Trinajstić information content (AvgIpc) is 3.26. The zero-order valence-electron chi connectivity index (χ0n) is 23.9. The van der Waals surface area contributed by atoms with Crippen LogP contribution in [0.2, 0.25) is 0 Å². The molecule has 0 saturated heterocycles. The minimum Gasteiger partial charge on any atom is -0.355 e. The number of hydrogen-bond acceptors (Lipinski definition) is 6. The quantitative estimate of drug-likeness (QED) is 0.374. The number of carbonyl (C=O) groups is 4. The molecule has 4 N–H and O–H groups in total. The van der Waals surface area contributed by atoms with Gasteiger partial charge >= 0.3 is 0 Å². The number of anilines is 1. The molecule has 1 aliphatic heterocycles. The number of nitrogens with zero attached hydrogens (tertiary/aromatic N) is 3. The normalized spacial score (nSPS) is 19.3. The molecule has 3 aromatic rings. The van der Waals surface area contributed by atoms with E-state index in [-0.39, 0.29) is 37.0 Å². The van der Waals surface area contributed by atoms with Crippen LogP contribution in [0.3, 0.4) is 0 Å². The fourth-order valence-electron chi connectivity index (χ4n) is 4.80. The van der Waals surface area contributed by atoms with E-state index in [4.69, 9.17) is 0 Å². The van der Waals surface area contributed by atoms with E-state index in [0.717, 1.165) is 11.1 Å². The highest BCUT2D eigenvalue weighted by Gasteiger charge is 2.26. The summed E-state index contributed by atoms with van der Waals surface area (Å²) in [5.41, 5.74) is 2.54. The molecule has 0 fully saturated rings. The molecule has 0 radical (unpaired) electrons. The Labute approximate surface area is 243 Å². The van der Waals surface area contributed by atoms with Crippen LogP contribution in [0, 0.1) is 12.7 Å². The number of nitrogens with one attached hydrogen (secondary N) is 4. The van der Waals surface area contributed by atoms with Crippen LogP contribution in [0.4, 0.5) is 10.1 Å². The molecule has 11 nitrogen and oxygen atoms in total. The molecule has 0 spiro atoms. The number of benzene rings is 2. The fourth-order valence-corrected chi connectivity index (χ4v) is 4.80. The van der Waals surface area contributed by atoms with Crippen molar-refractivity contribution in [2.24, 2.45) is 7.05 Å². The third-order valence-electron chi connectivity index (χ3n) is 6.96. The Morgan fingerprint density at radius 2 is 1.88 bits per heavy atom. The SMILES string of the molecule is Cc1nn(C)cc1NC(=O)CN1CC(=O)NCCCc2ccc(F)c(c2)C(=O)N[C@H](C)C(=O)N[C@@H](c2ccccc2)C1. The van der Waals surface area contributed by atoms with Crippen molar-refractivity contribution in [3.8, 4) is 0 Å². The van der Waals surface area contributed by atoms with E-state index in [1.807, 2.05) is 30.3 Å². The largest absolute Gasteiger partial charge is 0.355 e. The van der Waals surface area contributed by atoms with Gasteiger partial charge in [0.1, 0.15) is 11.9 Å². The van der Waals surface area contributed by atoms with Crippen LogP contribution in [0.1, 0.15) is 46.6 Å². The number of aryl methyl sites for hydroxylation is 3. The Kier molecular flexibility index (Phi) is 10.0. The number of carbonyl (C=O) groups excluding carboxylic acids is 4. The number of fused-ring (bicyclic) bond motifs is 2. The first-order valence-electron chi connectivity index (χ1n) is 13.8. The smallest absolute Gasteiger partial charge is 0.254 e. The second kappa shape index (κ2) is 13.9. The summed E-state index contributed by atoms with van der Waals surface area (Å²) < 4.78 is 16.1. The van der Waals surface area contributed by atoms with E-state index in [2.05, 4.69) is 26.4 Å². The van der Waals surface area contributed by atoms with Gasteiger partial charge in [0.05, 0.1) is 36.1 Å². The molecule has 1 aliphatic rings. The van der Waals surface area contributed by atoms with Crippen LogP contribution in [0.15, 0.2) is 54.7 Å². The highest BCUT2D eigenvalue weighted by molar-refractivity contribution is 5.98. The van der Waals surface area contributed by atoms with Crippen LogP contribution in [-0.2, 0) is 27.9 Å². The third-order valence-corrected chi connectivity index (χ3v) is 6.96. The second-order valence-electron chi connectivity index (χ2n) is 10.5. The van der Waals surface area contributed by atoms with Gasteiger partial charge < -0.3 is 21.3 Å². The maximum atomic E-state index is 14.5. The van der Waals surface area contributed by atoms with Gasteiger partial charge in [0.15, 0.2) is 0 Å². The van der Waals surface area contributed by atoms with Crippen molar-refractivity contribution in [3.63, 3.8) is 0 Å². The highest BCUT2D eigenvalue weighted by atomic mass is 19.1. The summed E-state index contributed by atoms with van der Waals surface area (Å²) in [4.78, 5) is 53.9. The van der Waals surface area contributed by atoms with Gasteiger partial charge in [0.25, 0.3) is 5.91 Å². The first-order valence-corrected chi connectivity index (χ1v) is 13.8. The molecule has 1 aromatic heterocycles. The monoisotopic (exact) mass is 577 g/mol. The molecule has 222 valence electrons. The molecule has 4 amide bonds. The predicted molar refractivity (Wildman–Crippen MR) is 155 cm³/mol. The zero-order valence-corrected chi connectivity index (χ0v) is 23.9. The van der Waals surface area contributed by atoms with Gasteiger partial charge in [-0.25, -0.2) is 4.39 Å². The van der Waals surface area contributed by atoms with Crippen molar-refractivity contribution in [2.45, 2.75) is 38.8 Å². The number of aromatic nitrogens is 2. The highest BCUT2D eigenvalue weighted by Crippen LogP contribution is 2.17. The average molecular weight is 578 g/mol. The van der Waals surface area contributed by atoms with Crippen molar-refractivity contribution < 1.29 is 23.6 Å². The van der Waals surface area contributed by atoms with Crippen molar-refractivity contribution in [1.82, 2.24) is 30.6 Å². The van der Waals surface area contributed by atoms with Gasteiger partial charge in [-0.05, 0) is 49.9 Å². The maximum Gasteiger partial charge on any atom is 0.254 e. The third kappa shape index (κ3) is 8.23. The molecule has 2 aromatic carbocycles. The molecular formula is C30H36FN7O4. The summed E-state index contributed by atoms with van der Waals surface area (Å²) in [5, 5.41) is 15.5. The van der Waals surface area contributed by atoms with E-state index < -0.39 is 29.7 Å². The molecule has 0 unspecified atom stereocenters. The first-order chi connectivity index (χ1) is 20.1. The maximum absolute atomic E-state index is 14.5. The first kappa shape index (κ1) is 30.4. The van der Waals surface area contributed by atoms with E-state index in [0.29, 0.717) is 30.8 Å². The summed E-state index contributed by atoms with van der Waals surface area (Å²) >= 11 is 0. The lowest BCUT2D eigenvalue weighted by Crippen LogP contribution is -2.49. The number of rotatable bonds is 4. The minimum absolute atomic E-state index is 0.0916. The van der Waals surface area contributed by atoms with Crippen molar-refractivity contribution >= 4 is 29.3 Å². The molecule has 12 heteroatoms. The molecule has 0 aliphatic carbocycles. The van der Waals surface area contributed by atoms with Crippen LogP contribution in [-0.4, -0.2) is 70.5 Å². The molecule has 2 heterocycles. The topological polar surface area (TPSA) is 137 Å². The van der Waals surface area contributed by atoms with Crippen molar-refractivity contribution in [1.29, 1.82) is 0 Å². The van der Waals surface area contributed by atoms with Crippen molar-refractivity contribution in [3.05, 3.63) is 82.9 Å². The number of halogens is 1. The van der Waals surface area contributed by atoms with Crippen LogP contribution in [0.5, 0.6) is 0 Å². The number of hydrogen-bond donors (Lipinski definition) is 4. The van der Waals surface area contributed by atoms with Gasteiger partial charge in [-0.1, -0.05) is 36.4 Å². The Morgan fingerprint density at radius 1 is 1.12 bits per heavy atom. The molecule has 42 heavy (non-hydrogen) atoms. The van der Waals surface area contributed by atoms with Gasteiger partial charge in [-0.2, -0.15) is 5.10 Å². The van der Waals surface area contributed by atoms with Gasteiger partial charge in [-0.15, -0.1) is 0 Å². The number of amides is 4. The van der Waals surface area contributed by atoms with E-state index in [1.165, 1.54) is 19.1 Å². The fraction of sp³-hybridized carbons (Fsp3) is 0.367. The van der Waals surface area contributed by atoms with Crippen LogP contribution in [0.25, 0.3) is 0 Å². The summed E-state index contributed by atoms with van der Waals surface area (Å²) in [6, 6.07) is 11.8. The van der Waals surface area contributed by atoms with Gasteiger partial charge in [0, 0.05) is 26.3 Å². The Bertz CT molecular complexity index is 1440. The summed E-state index contributed by atoms with van der Waals surface area (Å²) in [6.07, 6.45) is 2.76. The molecule has 2 bridgehead atoms. The standard InChI is InChI=1S/C30H36FN7O4/c1-19-25(15-37(3)36-19)34-28(40)18-38-16-26(22-9-5-4-6-10-22)35-29(41)20(2)33-30(42)23-14-21(11-12-24(23)31)8-7-13-32-27(39)17-38/h4-6,9-12,14-15,20,26H,7-8,13,16-18H2,1-3H3,(H,32,39)(H,33,42)(H,34,40)(H,35,41)/t20-,26-/m1/s1. The van der Waals surface area contributed by atoms with Gasteiger partial charge in [0.2, 0.25) is 17.7 Å². The summed E-state index contributed by atoms with van der Waals surface area (Å²) in [6.45, 7) is 3.55. The van der Waals surface area contributed by atoms with E-state index >= 15 is 0 Å². The van der Waals surface area contributed by atoms with E-state index in [1.54, 1.807) is 35.8 Å². The minimum atomic E-state index is -0.990. The summed E-state index contributed by atoms with van der Waals surface area (Å²) in [5.74, 6) is -2.52. The predicted octanol–water partition coefficient (Wildman–Crippen LogP) is 1.85. The Hall–Kier alpha value is -4.58. The summed E-state index contributed by atoms with van der Waals surface area (Å²) in [7, 11) is 1.75. The van der Waals surface area contributed by atoms with Crippen LogP contribution >= 0.6 is 0 Å². The lowest BCUT2D eigenvalue weighted by Gasteiger charge is -2.28. The molecular weight excluding hydrogens is 541 g/mol. The van der Waals surface area contributed by atoms with Crippen LogP contribution < -0.4 is 21.3 Å². The lowest BCUT2D eigenvalue weighted by atomic mass is 10.0. The Balaban J connectivity index is 1.60. The Morgan fingerprint density at radius 3 is 2.60 bits per heavy atom. The van der Waals surface area contributed by atoms with Crippen molar-refractivity contribution in [2.75, 3.05) is 31.5 Å². The zero-order chi connectivity index (χ0) is 30.2. The molecule has 2 atom stereocenters. The van der Waals surface area contributed by atoms with E-state index in [9.17, 15) is 23.6 Å². The lowest BCUT2D eigenvalue weighted by molar-refractivity contribution is -0.123. The second-order valence-corrected chi connectivity index (χ2v) is 10.5. The molecule has 0 saturated carbocycles. The van der Waals surface area contributed by atoms with Gasteiger partial charge in [-0.3, -0.25) is 28.8 Å². The molecule has 4 rings (SSSR count).